The molecule has 1 aromatic rings. The van der Waals surface area contributed by atoms with Gasteiger partial charge in [-0.05, 0) is 42.7 Å². The maximum absolute atomic E-state index is 10.4. The summed E-state index contributed by atoms with van der Waals surface area (Å²) in [5, 5.41) is 9.27. The van der Waals surface area contributed by atoms with E-state index in [9.17, 15) is 4.79 Å². The Hall–Kier alpha value is -1.48. The quantitative estimate of drug-likeness (QED) is 0.820. The molecule has 0 aliphatic heterocycles. The van der Waals surface area contributed by atoms with E-state index < -0.39 is 5.97 Å². The van der Waals surface area contributed by atoms with Crippen molar-refractivity contribution in [3.05, 3.63) is 40.4 Å². The topological polar surface area (TPSA) is 46.5 Å². The third-order valence-corrected chi connectivity index (χ3v) is 2.60. The van der Waals surface area contributed by atoms with E-state index in [0.717, 1.165) is 23.1 Å². The largest absolute Gasteiger partial charge is 0.489 e. The van der Waals surface area contributed by atoms with Crippen molar-refractivity contribution in [1.82, 2.24) is 0 Å². The molecule has 1 N–H and O–H groups in total. The van der Waals surface area contributed by atoms with Crippen molar-refractivity contribution in [3.8, 4) is 5.75 Å². The van der Waals surface area contributed by atoms with E-state index in [0.29, 0.717) is 11.3 Å². The Labute approximate surface area is 106 Å². The average molecular weight is 255 g/mol. The monoisotopic (exact) mass is 254 g/mol. The lowest BCUT2D eigenvalue weighted by Crippen LogP contribution is -2.01. The van der Waals surface area contributed by atoms with E-state index >= 15 is 0 Å². The number of ether oxygens (including phenoxy) is 1. The van der Waals surface area contributed by atoms with E-state index in [-0.39, 0.29) is 6.61 Å². The fourth-order valence-electron chi connectivity index (χ4n) is 1.36. The first-order chi connectivity index (χ1) is 8.02. The van der Waals surface area contributed by atoms with E-state index in [2.05, 4.69) is 0 Å². The molecule has 0 saturated heterocycles. The number of hydrogen-bond acceptors (Lipinski definition) is 2. The van der Waals surface area contributed by atoms with Crippen LogP contribution < -0.4 is 4.74 Å². The molecule has 0 aliphatic rings. The highest BCUT2D eigenvalue weighted by Gasteiger charge is 2.02. The molecular weight excluding hydrogens is 240 g/mol. The number of carboxylic acid groups (broad SMARTS) is 1. The van der Waals surface area contributed by atoms with Gasteiger partial charge in [0, 0.05) is 11.1 Å². The molecule has 0 radical (unpaired) electrons. The molecule has 92 valence electrons. The molecule has 0 amide bonds. The van der Waals surface area contributed by atoms with Gasteiger partial charge in [-0.1, -0.05) is 18.5 Å². The van der Waals surface area contributed by atoms with Crippen LogP contribution in [0, 0.1) is 0 Å². The lowest BCUT2D eigenvalue weighted by Gasteiger charge is -2.08. The van der Waals surface area contributed by atoms with E-state index in [4.69, 9.17) is 21.4 Å². The molecule has 4 heteroatoms. The normalized spacial score (nSPS) is 11.4. The first-order valence-corrected chi connectivity index (χ1v) is 5.72. The third kappa shape index (κ3) is 4.49. The zero-order valence-corrected chi connectivity index (χ0v) is 10.6. The van der Waals surface area contributed by atoms with Crippen LogP contribution in [0.2, 0.25) is 5.02 Å². The fourth-order valence-corrected chi connectivity index (χ4v) is 1.61. The van der Waals surface area contributed by atoms with Crippen molar-refractivity contribution in [2.75, 3.05) is 6.61 Å². The van der Waals surface area contributed by atoms with Gasteiger partial charge in [-0.2, -0.15) is 0 Å². The molecule has 1 rings (SSSR count). The third-order valence-electron chi connectivity index (χ3n) is 2.23. The summed E-state index contributed by atoms with van der Waals surface area (Å²) >= 11 is 5.98. The second-order valence-corrected chi connectivity index (χ2v) is 4.13. The first kappa shape index (κ1) is 13.6. The maximum atomic E-state index is 10.4. The van der Waals surface area contributed by atoms with Gasteiger partial charge in [0.15, 0.2) is 0 Å². The van der Waals surface area contributed by atoms with Gasteiger partial charge in [0.25, 0.3) is 0 Å². The lowest BCUT2D eigenvalue weighted by atomic mass is 10.1. The number of rotatable bonds is 5. The van der Waals surface area contributed by atoms with E-state index in [1.54, 1.807) is 19.1 Å². The van der Waals surface area contributed by atoms with Crippen LogP contribution in [-0.4, -0.2) is 17.7 Å². The SMILES string of the molecule is CCc1cc(OC/C(C)=C/C(=O)O)ccc1Cl. The van der Waals surface area contributed by atoms with Crippen LogP contribution in [0.3, 0.4) is 0 Å². The zero-order chi connectivity index (χ0) is 12.8. The molecule has 0 aliphatic carbocycles. The summed E-state index contributed by atoms with van der Waals surface area (Å²) in [6.45, 7) is 3.99. The molecule has 1 aromatic carbocycles. The number of aryl methyl sites for hydroxylation is 1. The molecule has 0 aromatic heterocycles. The molecule has 0 heterocycles. The highest BCUT2D eigenvalue weighted by atomic mass is 35.5. The van der Waals surface area contributed by atoms with Crippen molar-refractivity contribution in [1.29, 1.82) is 0 Å². The van der Waals surface area contributed by atoms with Gasteiger partial charge in [0.1, 0.15) is 12.4 Å². The van der Waals surface area contributed by atoms with Crippen LogP contribution in [-0.2, 0) is 11.2 Å². The summed E-state index contributed by atoms with van der Waals surface area (Å²) in [6, 6.07) is 5.43. The van der Waals surface area contributed by atoms with Crippen LogP contribution in [0.1, 0.15) is 19.4 Å². The molecule has 0 spiro atoms. The number of hydrogen-bond donors (Lipinski definition) is 1. The average Bonchev–Trinajstić information content (AvgIpc) is 2.27. The second-order valence-electron chi connectivity index (χ2n) is 3.72. The second kappa shape index (κ2) is 6.30. The maximum Gasteiger partial charge on any atom is 0.328 e. The van der Waals surface area contributed by atoms with Crippen LogP contribution in [0.25, 0.3) is 0 Å². The van der Waals surface area contributed by atoms with Crippen molar-refractivity contribution in [3.63, 3.8) is 0 Å². The zero-order valence-electron chi connectivity index (χ0n) is 9.87. The molecule has 0 unspecified atom stereocenters. The lowest BCUT2D eigenvalue weighted by molar-refractivity contribution is -0.131. The summed E-state index contributed by atoms with van der Waals surface area (Å²) in [4.78, 5) is 10.4. The van der Waals surface area contributed by atoms with Gasteiger partial charge in [-0.15, -0.1) is 0 Å². The van der Waals surface area contributed by atoms with Gasteiger partial charge < -0.3 is 9.84 Å². The predicted octanol–water partition coefficient (Wildman–Crippen LogP) is 3.31. The molecule has 17 heavy (non-hydrogen) atoms. The molecule has 0 atom stereocenters. The van der Waals surface area contributed by atoms with E-state index in [1.165, 1.54) is 0 Å². The number of carbonyl (C=O) groups is 1. The molecule has 3 nitrogen and oxygen atoms in total. The summed E-state index contributed by atoms with van der Waals surface area (Å²) in [5.41, 5.74) is 1.68. The standard InChI is InChI=1S/C13H15ClO3/c1-3-10-7-11(4-5-12(10)14)17-8-9(2)6-13(15)16/h4-7H,3,8H2,1-2H3,(H,15,16)/b9-6+. The molecule has 0 bridgehead atoms. The van der Waals surface area contributed by atoms with Crippen LogP contribution in [0.5, 0.6) is 5.75 Å². The summed E-state index contributed by atoms with van der Waals surface area (Å²) in [6.07, 6.45) is 1.97. The van der Waals surface area contributed by atoms with Crippen LogP contribution >= 0.6 is 11.6 Å². The minimum atomic E-state index is -0.962. The van der Waals surface area contributed by atoms with Crippen LogP contribution in [0.4, 0.5) is 0 Å². The van der Waals surface area contributed by atoms with Crippen LogP contribution in [0.15, 0.2) is 29.8 Å². The van der Waals surface area contributed by atoms with E-state index in [1.807, 2.05) is 13.0 Å². The fraction of sp³-hybridized carbons (Fsp3) is 0.308. The molecular formula is C13H15ClO3. The Morgan fingerprint density at radius 1 is 1.53 bits per heavy atom. The Morgan fingerprint density at radius 2 is 2.24 bits per heavy atom. The Bertz CT molecular complexity index is 438. The van der Waals surface area contributed by atoms with Crippen molar-refractivity contribution in [2.45, 2.75) is 20.3 Å². The summed E-state index contributed by atoms with van der Waals surface area (Å²) in [7, 11) is 0. The van der Waals surface area contributed by atoms with Gasteiger partial charge in [-0.3, -0.25) is 0 Å². The predicted molar refractivity (Wildman–Crippen MR) is 67.7 cm³/mol. The van der Waals surface area contributed by atoms with Crippen molar-refractivity contribution in [2.24, 2.45) is 0 Å². The highest BCUT2D eigenvalue weighted by molar-refractivity contribution is 6.31. The van der Waals surface area contributed by atoms with Gasteiger partial charge in [0.05, 0.1) is 0 Å². The minimum absolute atomic E-state index is 0.261. The van der Waals surface area contributed by atoms with Gasteiger partial charge in [-0.25, -0.2) is 4.79 Å². The van der Waals surface area contributed by atoms with Crippen molar-refractivity contribution >= 4 is 17.6 Å². The van der Waals surface area contributed by atoms with Gasteiger partial charge >= 0.3 is 5.97 Å². The van der Waals surface area contributed by atoms with Crippen molar-refractivity contribution < 1.29 is 14.6 Å². The number of halogens is 1. The molecule has 0 fully saturated rings. The Balaban J connectivity index is 2.67. The number of aliphatic carboxylic acids is 1. The number of carboxylic acids is 1. The number of benzene rings is 1. The minimum Gasteiger partial charge on any atom is -0.489 e. The summed E-state index contributed by atoms with van der Waals surface area (Å²) < 4.78 is 5.48. The smallest absolute Gasteiger partial charge is 0.328 e. The summed E-state index contributed by atoms with van der Waals surface area (Å²) in [5.74, 6) is -0.263. The molecule has 0 saturated carbocycles. The first-order valence-electron chi connectivity index (χ1n) is 5.34. The van der Waals surface area contributed by atoms with Gasteiger partial charge in [0.2, 0.25) is 0 Å². The highest BCUT2D eigenvalue weighted by Crippen LogP contribution is 2.22. The Morgan fingerprint density at radius 3 is 2.82 bits per heavy atom. The Kier molecular flexibility index (Phi) is 5.04.